The van der Waals surface area contributed by atoms with E-state index in [-0.39, 0.29) is 17.6 Å². The van der Waals surface area contributed by atoms with Crippen molar-refractivity contribution in [2.75, 3.05) is 5.32 Å². The van der Waals surface area contributed by atoms with Gasteiger partial charge in [0.1, 0.15) is 5.60 Å². The molecule has 9 heteroatoms. The number of hydrogen-bond acceptors (Lipinski definition) is 4. The number of alkyl halides is 1. The standard InChI is InChI=1S/C19H22BrFN4O3/c1-19(2,3)28-18(27)25-14-7-6-11(13(9-20)16(14)21)12-5-4-8-23-15(12)10-24-17(22)26/h4-8H,9-10H2,1-3H3,(H,25,27)(H3,22,24,26). The van der Waals surface area contributed by atoms with Crippen LogP contribution in [-0.4, -0.2) is 22.7 Å². The third-order valence-electron chi connectivity index (χ3n) is 3.62. The highest BCUT2D eigenvalue weighted by atomic mass is 79.9. The lowest BCUT2D eigenvalue weighted by atomic mass is 9.98. The molecule has 1 aromatic heterocycles. The van der Waals surface area contributed by atoms with E-state index < -0.39 is 23.5 Å². The fraction of sp³-hybridized carbons (Fsp3) is 0.316. The van der Waals surface area contributed by atoms with Crippen LogP contribution in [0.1, 0.15) is 32.0 Å². The van der Waals surface area contributed by atoms with E-state index in [1.165, 1.54) is 6.07 Å². The molecule has 28 heavy (non-hydrogen) atoms. The third-order valence-corrected chi connectivity index (χ3v) is 4.18. The number of anilines is 1. The van der Waals surface area contributed by atoms with Crippen molar-refractivity contribution in [3.63, 3.8) is 0 Å². The topological polar surface area (TPSA) is 106 Å². The van der Waals surface area contributed by atoms with E-state index in [0.717, 1.165) is 0 Å². The molecule has 0 aliphatic carbocycles. The van der Waals surface area contributed by atoms with Crippen LogP contribution in [0.2, 0.25) is 0 Å². The number of carbonyl (C=O) groups excluding carboxylic acids is 2. The Morgan fingerprint density at radius 1 is 1.25 bits per heavy atom. The highest BCUT2D eigenvalue weighted by Crippen LogP contribution is 2.33. The van der Waals surface area contributed by atoms with Gasteiger partial charge in [0, 0.05) is 22.7 Å². The first-order valence-corrected chi connectivity index (χ1v) is 9.59. The Morgan fingerprint density at radius 2 is 1.96 bits per heavy atom. The Hall–Kier alpha value is -2.68. The fourth-order valence-corrected chi connectivity index (χ4v) is 3.06. The Bertz CT molecular complexity index is 884. The smallest absolute Gasteiger partial charge is 0.412 e. The van der Waals surface area contributed by atoms with Crippen molar-refractivity contribution in [1.29, 1.82) is 0 Å². The molecule has 150 valence electrons. The van der Waals surface area contributed by atoms with Gasteiger partial charge in [-0.2, -0.15) is 0 Å². The third kappa shape index (κ3) is 5.66. The number of nitrogens with one attached hydrogen (secondary N) is 2. The average Bonchev–Trinajstić information content (AvgIpc) is 2.60. The first-order valence-electron chi connectivity index (χ1n) is 8.47. The highest BCUT2D eigenvalue weighted by molar-refractivity contribution is 9.08. The molecule has 0 atom stereocenters. The summed E-state index contributed by atoms with van der Waals surface area (Å²) >= 11 is 3.30. The second-order valence-corrected chi connectivity index (χ2v) is 7.49. The molecule has 7 nitrogen and oxygen atoms in total. The number of carbonyl (C=O) groups is 2. The number of rotatable bonds is 5. The van der Waals surface area contributed by atoms with Gasteiger partial charge in [0.15, 0.2) is 5.82 Å². The number of ether oxygens (including phenoxy) is 1. The van der Waals surface area contributed by atoms with Crippen molar-refractivity contribution in [3.8, 4) is 11.1 Å². The van der Waals surface area contributed by atoms with Crippen LogP contribution in [0, 0.1) is 5.82 Å². The van der Waals surface area contributed by atoms with E-state index in [1.807, 2.05) is 0 Å². The largest absolute Gasteiger partial charge is 0.444 e. The maximum atomic E-state index is 15.0. The van der Waals surface area contributed by atoms with Crippen LogP contribution < -0.4 is 16.4 Å². The second-order valence-electron chi connectivity index (χ2n) is 6.93. The van der Waals surface area contributed by atoms with Gasteiger partial charge in [-0.1, -0.05) is 28.1 Å². The summed E-state index contributed by atoms with van der Waals surface area (Å²) in [5.41, 5.74) is 6.53. The molecule has 0 fully saturated rings. The SMILES string of the molecule is CC(C)(C)OC(=O)Nc1ccc(-c2cccnc2CNC(N)=O)c(CBr)c1F. The van der Waals surface area contributed by atoms with Crippen molar-refractivity contribution in [1.82, 2.24) is 10.3 Å². The Balaban J connectivity index is 2.39. The van der Waals surface area contributed by atoms with Gasteiger partial charge in [-0.25, -0.2) is 14.0 Å². The van der Waals surface area contributed by atoms with Crippen LogP contribution in [0.25, 0.3) is 11.1 Å². The van der Waals surface area contributed by atoms with Gasteiger partial charge in [0.05, 0.1) is 17.9 Å². The summed E-state index contributed by atoms with van der Waals surface area (Å²) in [6, 6.07) is 5.94. The van der Waals surface area contributed by atoms with Gasteiger partial charge < -0.3 is 15.8 Å². The zero-order valence-electron chi connectivity index (χ0n) is 15.8. The molecule has 0 radical (unpaired) electrons. The van der Waals surface area contributed by atoms with Crippen LogP contribution in [0.4, 0.5) is 19.7 Å². The Kier molecular flexibility index (Phi) is 6.95. The van der Waals surface area contributed by atoms with Crippen LogP contribution in [-0.2, 0) is 16.6 Å². The molecule has 2 rings (SSSR count). The van der Waals surface area contributed by atoms with Crippen LogP contribution in [0.5, 0.6) is 0 Å². The molecule has 0 aliphatic heterocycles. The first-order chi connectivity index (χ1) is 13.1. The van der Waals surface area contributed by atoms with Crippen LogP contribution in [0.15, 0.2) is 30.5 Å². The molecule has 0 saturated carbocycles. The number of hydrogen-bond donors (Lipinski definition) is 3. The Labute approximate surface area is 171 Å². The molecule has 0 bridgehead atoms. The predicted octanol–water partition coefficient (Wildman–Crippen LogP) is 4.30. The summed E-state index contributed by atoms with van der Waals surface area (Å²) in [6.07, 6.45) is 0.830. The number of benzene rings is 1. The second kappa shape index (κ2) is 9.01. The summed E-state index contributed by atoms with van der Waals surface area (Å²) < 4.78 is 20.2. The predicted molar refractivity (Wildman–Crippen MR) is 109 cm³/mol. The summed E-state index contributed by atoms with van der Waals surface area (Å²) in [6.45, 7) is 5.27. The van der Waals surface area contributed by atoms with Crippen molar-refractivity contribution in [3.05, 3.63) is 47.5 Å². The molecule has 2 aromatic rings. The number of nitrogens with zero attached hydrogens (tertiary/aromatic N) is 1. The van der Waals surface area contributed by atoms with Crippen molar-refractivity contribution >= 4 is 33.7 Å². The number of halogens is 2. The molecule has 3 amide bonds. The van der Waals surface area contributed by atoms with E-state index >= 15 is 4.39 Å². The number of urea groups is 1. The maximum Gasteiger partial charge on any atom is 0.412 e. The normalized spacial score (nSPS) is 11.0. The van der Waals surface area contributed by atoms with E-state index in [0.29, 0.717) is 22.4 Å². The molecule has 0 unspecified atom stereocenters. The van der Waals surface area contributed by atoms with Gasteiger partial charge in [0.2, 0.25) is 0 Å². The van der Waals surface area contributed by atoms with Crippen molar-refractivity contribution < 1.29 is 18.7 Å². The zero-order chi connectivity index (χ0) is 20.9. The first kappa shape index (κ1) is 21.6. The summed E-state index contributed by atoms with van der Waals surface area (Å²) in [5, 5.41) is 5.11. The molecule has 4 N–H and O–H groups in total. The van der Waals surface area contributed by atoms with E-state index in [4.69, 9.17) is 10.5 Å². The number of nitrogens with two attached hydrogens (primary N) is 1. The van der Waals surface area contributed by atoms with E-state index in [2.05, 4.69) is 31.5 Å². The lowest BCUT2D eigenvalue weighted by molar-refractivity contribution is 0.0635. The quantitative estimate of drug-likeness (QED) is 0.587. The minimum Gasteiger partial charge on any atom is -0.444 e. The van der Waals surface area contributed by atoms with Crippen LogP contribution >= 0.6 is 15.9 Å². The highest BCUT2D eigenvalue weighted by Gasteiger charge is 2.20. The molecular formula is C19H22BrFN4O3. The van der Waals surface area contributed by atoms with Crippen LogP contribution in [0.3, 0.4) is 0 Å². The van der Waals surface area contributed by atoms with Gasteiger partial charge >= 0.3 is 12.1 Å². The number of amides is 3. The molecule has 0 spiro atoms. The number of aromatic nitrogens is 1. The molecule has 1 heterocycles. The summed E-state index contributed by atoms with van der Waals surface area (Å²) in [5.74, 6) is -0.585. The number of pyridine rings is 1. The maximum absolute atomic E-state index is 15.0. The molecule has 0 aliphatic rings. The fourth-order valence-electron chi connectivity index (χ4n) is 2.51. The molecule has 0 saturated heterocycles. The minimum atomic E-state index is -0.743. The summed E-state index contributed by atoms with van der Waals surface area (Å²) in [7, 11) is 0. The van der Waals surface area contributed by atoms with E-state index in [1.54, 1.807) is 45.2 Å². The van der Waals surface area contributed by atoms with Gasteiger partial charge in [-0.15, -0.1) is 0 Å². The van der Waals surface area contributed by atoms with Gasteiger partial charge in [-0.05, 0) is 38.5 Å². The van der Waals surface area contributed by atoms with Gasteiger partial charge in [-0.3, -0.25) is 10.3 Å². The zero-order valence-corrected chi connectivity index (χ0v) is 17.4. The lowest BCUT2D eigenvalue weighted by Gasteiger charge is -2.20. The van der Waals surface area contributed by atoms with E-state index in [9.17, 15) is 9.59 Å². The average molecular weight is 453 g/mol. The van der Waals surface area contributed by atoms with Crippen molar-refractivity contribution in [2.45, 2.75) is 38.2 Å². The summed E-state index contributed by atoms with van der Waals surface area (Å²) in [4.78, 5) is 27.2. The Morgan fingerprint density at radius 3 is 2.57 bits per heavy atom. The molecule has 1 aromatic carbocycles. The number of primary amides is 1. The monoisotopic (exact) mass is 452 g/mol. The lowest BCUT2D eigenvalue weighted by Crippen LogP contribution is -2.29. The van der Waals surface area contributed by atoms with Crippen molar-refractivity contribution in [2.24, 2.45) is 5.73 Å². The minimum absolute atomic E-state index is 0.00755. The molecular weight excluding hydrogens is 431 g/mol. The van der Waals surface area contributed by atoms with Gasteiger partial charge in [0.25, 0.3) is 0 Å².